The SMILES string of the molecule is Nc1nc2c(c3c1ncn3-c1ccccc1)CCCC2. The first kappa shape index (κ1) is 11.5. The normalized spacial score (nSPS) is 14.4. The number of pyridine rings is 1. The van der Waals surface area contributed by atoms with Crippen LogP contribution in [0.15, 0.2) is 36.7 Å². The molecule has 0 aliphatic heterocycles. The van der Waals surface area contributed by atoms with E-state index in [1.165, 1.54) is 18.4 Å². The molecule has 4 nitrogen and oxygen atoms in total. The molecule has 0 saturated carbocycles. The third kappa shape index (κ3) is 1.61. The maximum atomic E-state index is 6.08. The molecule has 0 spiro atoms. The van der Waals surface area contributed by atoms with Gasteiger partial charge in [0.05, 0.1) is 5.52 Å². The van der Waals surface area contributed by atoms with Crippen molar-refractivity contribution >= 4 is 16.9 Å². The topological polar surface area (TPSA) is 56.7 Å². The third-order valence-electron chi connectivity index (χ3n) is 4.02. The van der Waals surface area contributed by atoms with Crippen molar-refractivity contribution in [1.82, 2.24) is 14.5 Å². The summed E-state index contributed by atoms with van der Waals surface area (Å²) in [5, 5.41) is 0. The highest BCUT2D eigenvalue weighted by Gasteiger charge is 2.20. The van der Waals surface area contributed by atoms with Crippen molar-refractivity contribution < 1.29 is 0 Å². The zero-order valence-corrected chi connectivity index (χ0v) is 11.2. The van der Waals surface area contributed by atoms with Gasteiger partial charge in [0.1, 0.15) is 11.8 Å². The maximum absolute atomic E-state index is 6.08. The number of fused-ring (bicyclic) bond motifs is 3. The van der Waals surface area contributed by atoms with Crippen LogP contribution in [-0.4, -0.2) is 14.5 Å². The summed E-state index contributed by atoms with van der Waals surface area (Å²) in [6, 6.07) is 10.3. The molecular weight excluding hydrogens is 248 g/mol. The number of imidazole rings is 1. The number of nitrogen functional groups attached to an aromatic ring is 1. The van der Waals surface area contributed by atoms with E-state index in [2.05, 4.69) is 26.7 Å². The van der Waals surface area contributed by atoms with Gasteiger partial charge in [-0.3, -0.25) is 4.57 Å². The monoisotopic (exact) mass is 264 g/mol. The van der Waals surface area contributed by atoms with E-state index in [-0.39, 0.29) is 0 Å². The van der Waals surface area contributed by atoms with Crippen molar-refractivity contribution in [3.05, 3.63) is 47.9 Å². The fourth-order valence-electron chi connectivity index (χ4n) is 3.07. The van der Waals surface area contributed by atoms with Gasteiger partial charge in [-0.1, -0.05) is 18.2 Å². The smallest absolute Gasteiger partial charge is 0.151 e. The van der Waals surface area contributed by atoms with Gasteiger partial charge in [0.25, 0.3) is 0 Å². The molecule has 4 rings (SSSR count). The molecule has 1 aliphatic rings. The van der Waals surface area contributed by atoms with Crippen molar-refractivity contribution in [2.24, 2.45) is 0 Å². The number of benzene rings is 1. The highest BCUT2D eigenvalue weighted by atomic mass is 15.1. The number of aryl methyl sites for hydroxylation is 2. The number of anilines is 1. The number of hydrogen-bond acceptors (Lipinski definition) is 3. The van der Waals surface area contributed by atoms with E-state index >= 15 is 0 Å². The Morgan fingerprint density at radius 1 is 1.05 bits per heavy atom. The quantitative estimate of drug-likeness (QED) is 0.735. The van der Waals surface area contributed by atoms with Crippen molar-refractivity contribution in [3.8, 4) is 5.69 Å². The highest BCUT2D eigenvalue weighted by molar-refractivity contribution is 5.89. The summed E-state index contributed by atoms with van der Waals surface area (Å²) in [5.74, 6) is 0.551. The molecule has 2 aromatic heterocycles. The van der Waals surface area contributed by atoms with E-state index in [0.29, 0.717) is 5.82 Å². The molecule has 0 bridgehead atoms. The summed E-state index contributed by atoms with van der Waals surface area (Å²) in [7, 11) is 0. The fourth-order valence-corrected chi connectivity index (χ4v) is 3.07. The van der Waals surface area contributed by atoms with Crippen molar-refractivity contribution in [1.29, 1.82) is 0 Å². The van der Waals surface area contributed by atoms with Gasteiger partial charge in [0.15, 0.2) is 5.82 Å². The summed E-state index contributed by atoms with van der Waals surface area (Å²) < 4.78 is 2.14. The number of nitrogens with two attached hydrogens (primary N) is 1. The molecule has 4 heteroatoms. The van der Waals surface area contributed by atoms with Gasteiger partial charge in [-0.15, -0.1) is 0 Å². The second kappa shape index (κ2) is 4.34. The van der Waals surface area contributed by atoms with Gasteiger partial charge in [-0.05, 0) is 37.8 Å². The minimum atomic E-state index is 0.551. The van der Waals surface area contributed by atoms with E-state index in [1.807, 2.05) is 24.5 Å². The Morgan fingerprint density at radius 2 is 1.85 bits per heavy atom. The van der Waals surface area contributed by atoms with Gasteiger partial charge >= 0.3 is 0 Å². The average molecular weight is 264 g/mol. The molecule has 0 atom stereocenters. The van der Waals surface area contributed by atoms with E-state index in [1.54, 1.807) is 0 Å². The Hall–Kier alpha value is -2.36. The summed E-state index contributed by atoms with van der Waals surface area (Å²) in [4.78, 5) is 9.03. The van der Waals surface area contributed by atoms with Crippen molar-refractivity contribution in [2.75, 3.05) is 5.73 Å². The summed E-state index contributed by atoms with van der Waals surface area (Å²) in [6.45, 7) is 0. The van der Waals surface area contributed by atoms with E-state index in [9.17, 15) is 0 Å². The second-order valence-electron chi connectivity index (χ2n) is 5.28. The molecule has 0 saturated heterocycles. The van der Waals surface area contributed by atoms with Crippen LogP contribution in [0.3, 0.4) is 0 Å². The molecule has 100 valence electrons. The zero-order valence-electron chi connectivity index (χ0n) is 11.2. The van der Waals surface area contributed by atoms with Gasteiger partial charge in [0.2, 0.25) is 0 Å². The van der Waals surface area contributed by atoms with E-state index < -0.39 is 0 Å². The molecule has 20 heavy (non-hydrogen) atoms. The standard InChI is InChI=1S/C16H16N4/c17-16-14-15(12-8-4-5-9-13(12)19-16)20(10-18-14)11-6-2-1-3-7-11/h1-3,6-7,10H,4-5,8-9H2,(H2,17,19). The van der Waals surface area contributed by atoms with Gasteiger partial charge < -0.3 is 5.73 Å². The number of rotatable bonds is 1. The molecule has 0 amide bonds. The van der Waals surface area contributed by atoms with Crippen molar-refractivity contribution in [3.63, 3.8) is 0 Å². The van der Waals surface area contributed by atoms with Crippen LogP contribution in [0.25, 0.3) is 16.7 Å². The molecule has 1 aromatic carbocycles. The Morgan fingerprint density at radius 3 is 2.70 bits per heavy atom. The van der Waals surface area contributed by atoms with Crippen LogP contribution in [-0.2, 0) is 12.8 Å². The first-order chi connectivity index (χ1) is 9.84. The number of nitrogens with zero attached hydrogens (tertiary/aromatic N) is 3. The Kier molecular flexibility index (Phi) is 2.49. The van der Waals surface area contributed by atoms with Crippen LogP contribution in [0.1, 0.15) is 24.1 Å². The number of para-hydroxylation sites is 1. The maximum Gasteiger partial charge on any atom is 0.151 e. The molecule has 0 unspecified atom stereocenters. The lowest BCUT2D eigenvalue weighted by atomic mass is 9.95. The summed E-state index contributed by atoms with van der Waals surface area (Å²) >= 11 is 0. The lowest BCUT2D eigenvalue weighted by molar-refractivity contribution is 0.672. The fraction of sp³-hybridized carbons (Fsp3) is 0.250. The van der Waals surface area contributed by atoms with E-state index in [0.717, 1.165) is 35.3 Å². The van der Waals surface area contributed by atoms with Crippen LogP contribution >= 0.6 is 0 Å². The van der Waals surface area contributed by atoms with Gasteiger partial charge in [-0.25, -0.2) is 9.97 Å². The Balaban J connectivity index is 2.06. The average Bonchev–Trinajstić information content (AvgIpc) is 2.94. The predicted octanol–water partition coefficient (Wildman–Crippen LogP) is 2.88. The Bertz CT molecular complexity index is 774. The first-order valence-corrected chi connectivity index (χ1v) is 7.04. The van der Waals surface area contributed by atoms with Crippen LogP contribution in [0.5, 0.6) is 0 Å². The minimum Gasteiger partial charge on any atom is -0.382 e. The lowest BCUT2D eigenvalue weighted by Gasteiger charge is -2.17. The van der Waals surface area contributed by atoms with E-state index in [4.69, 9.17) is 5.73 Å². The summed E-state index contributed by atoms with van der Waals surface area (Å²) in [5.41, 5.74) is 11.6. The highest BCUT2D eigenvalue weighted by Crippen LogP contribution is 2.31. The minimum absolute atomic E-state index is 0.551. The molecular formula is C16H16N4. The first-order valence-electron chi connectivity index (χ1n) is 7.04. The third-order valence-corrected chi connectivity index (χ3v) is 4.02. The molecule has 0 radical (unpaired) electrons. The second-order valence-corrected chi connectivity index (χ2v) is 5.28. The van der Waals surface area contributed by atoms with Crippen LogP contribution in [0.4, 0.5) is 5.82 Å². The Labute approximate surface area is 117 Å². The molecule has 1 aliphatic carbocycles. The predicted molar refractivity (Wildman–Crippen MR) is 79.9 cm³/mol. The van der Waals surface area contributed by atoms with Crippen LogP contribution < -0.4 is 5.73 Å². The van der Waals surface area contributed by atoms with Crippen molar-refractivity contribution in [2.45, 2.75) is 25.7 Å². The van der Waals surface area contributed by atoms with Gasteiger partial charge in [0, 0.05) is 16.9 Å². The molecule has 0 fully saturated rings. The number of hydrogen-bond donors (Lipinski definition) is 1. The zero-order chi connectivity index (χ0) is 13.5. The van der Waals surface area contributed by atoms with Crippen LogP contribution in [0.2, 0.25) is 0 Å². The van der Waals surface area contributed by atoms with Gasteiger partial charge in [-0.2, -0.15) is 0 Å². The summed E-state index contributed by atoms with van der Waals surface area (Å²) in [6.07, 6.45) is 6.36. The molecule has 2 heterocycles. The lowest BCUT2D eigenvalue weighted by Crippen LogP contribution is -2.10. The van der Waals surface area contributed by atoms with Crippen LogP contribution in [0, 0.1) is 0 Å². The molecule has 2 N–H and O–H groups in total. The largest absolute Gasteiger partial charge is 0.382 e. The molecule has 3 aromatic rings. The number of aromatic nitrogens is 3.